The summed E-state index contributed by atoms with van der Waals surface area (Å²) < 4.78 is 57.0. The van der Waals surface area contributed by atoms with E-state index in [1.807, 2.05) is 17.0 Å². The molecule has 0 unspecified atom stereocenters. The van der Waals surface area contributed by atoms with Crippen molar-refractivity contribution in [1.82, 2.24) is 14.2 Å². The summed E-state index contributed by atoms with van der Waals surface area (Å²) in [6.07, 6.45) is -1.62. The maximum absolute atomic E-state index is 12.4. The molecule has 1 aromatic rings. The van der Waals surface area contributed by atoms with Gasteiger partial charge >= 0.3 is 12.1 Å². The first-order valence-corrected chi connectivity index (χ1v) is 10.0. The van der Waals surface area contributed by atoms with Gasteiger partial charge in [0.2, 0.25) is 15.9 Å². The minimum absolute atomic E-state index is 0.0673. The molecular formula is C16H20F3N3O5S. The maximum Gasteiger partial charge on any atom is 0.490 e. The summed E-state index contributed by atoms with van der Waals surface area (Å²) in [5, 5.41) is 7.12. The lowest BCUT2D eigenvalue weighted by atomic mass is 10.0. The van der Waals surface area contributed by atoms with Gasteiger partial charge in [-0.05, 0) is 18.6 Å². The second kappa shape index (κ2) is 8.43. The summed E-state index contributed by atoms with van der Waals surface area (Å²) in [6, 6.07) is 3.80. The molecule has 1 N–H and O–H groups in total. The molecule has 2 atom stereocenters. The molecule has 0 aliphatic carbocycles. The normalized spacial score (nSPS) is 22.6. The molecular weight excluding hydrogens is 403 g/mol. The van der Waals surface area contributed by atoms with E-state index in [2.05, 4.69) is 4.98 Å². The number of fused-ring (bicyclic) bond motifs is 1. The first-order chi connectivity index (χ1) is 13.0. The molecule has 8 nitrogen and oxygen atoms in total. The van der Waals surface area contributed by atoms with Gasteiger partial charge in [0.05, 0.1) is 11.7 Å². The summed E-state index contributed by atoms with van der Waals surface area (Å²) in [5.41, 5.74) is 1.00. The molecule has 2 saturated heterocycles. The molecule has 156 valence electrons. The van der Waals surface area contributed by atoms with Crippen LogP contribution in [0, 0.1) is 11.8 Å². The predicted molar refractivity (Wildman–Crippen MR) is 91.4 cm³/mol. The van der Waals surface area contributed by atoms with Crippen LogP contribution < -0.4 is 0 Å². The van der Waals surface area contributed by atoms with Crippen molar-refractivity contribution in [2.75, 3.05) is 25.4 Å². The second-order valence-corrected chi connectivity index (χ2v) is 8.72. The average molecular weight is 423 g/mol. The largest absolute Gasteiger partial charge is 0.490 e. The van der Waals surface area contributed by atoms with Gasteiger partial charge in [0, 0.05) is 44.5 Å². The summed E-state index contributed by atoms with van der Waals surface area (Å²) in [5.74, 6) is -2.65. The zero-order chi connectivity index (χ0) is 21.1. The number of aromatic nitrogens is 1. The van der Waals surface area contributed by atoms with E-state index in [0.29, 0.717) is 26.2 Å². The number of halogens is 3. The summed E-state index contributed by atoms with van der Waals surface area (Å²) >= 11 is 0. The molecule has 0 spiro atoms. The fraction of sp³-hybridized carbons (Fsp3) is 0.562. The van der Waals surface area contributed by atoms with E-state index in [4.69, 9.17) is 9.90 Å². The zero-order valence-electron chi connectivity index (χ0n) is 15.0. The highest BCUT2D eigenvalue weighted by atomic mass is 32.2. The molecule has 2 fully saturated rings. The van der Waals surface area contributed by atoms with E-state index in [9.17, 15) is 26.4 Å². The van der Waals surface area contributed by atoms with E-state index in [-0.39, 0.29) is 23.5 Å². The predicted octanol–water partition coefficient (Wildman–Crippen LogP) is 0.955. The molecule has 0 aromatic carbocycles. The zero-order valence-corrected chi connectivity index (χ0v) is 15.8. The van der Waals surface area contributed by atoms with Crippen LogP contribution >= 0.6 is 0 Å². The molecule has 2 aliphatic heterocycles. The summed E-state index contributed by atoms with van der Waals surface area (Å²) in [4.78, 5) is 27.2. The minimum Gasteiger partial charge on any atom is -0.475 e. The molecule has 0 bridgehead atoms. The monoisotopic (exact) mass is 423 g/mol. The van der Waals surface area contributed by atoms with E-state index in [0.717, 1.165) is 5.56 Å². The Hall–Kier alpha value is -2.21. The van der Waals surface area contributed by atoms with Crippen LogP contribution in [0.4, 0.5) is 13.2 Å². The SMILES string of the molecule is CCS(=O)(=O)N1C[C@H]2CN(Cc3cccnc3)C(=O)[C@H]2C1.O=C(O)C(F)(F)F. The number of carboxylic acids is 1. The number of hydrogen-bond acceptors (Lipinski definition) is 5. The Morgan fingerprint density at radius 1 is 1.32 bits per heavy atom. The van der Waals surface area contributed by atoms with Crippen molar-refractivity contribution >= 4 is 21.9 Å². The van der Waals surface area contributed by atoms with E-state index < -0.39 is 22.2 Å². The molecule has 2 aliphatic rings. The Labute approximate surface area is 160 Å². The molecule has 12 heteroatoms. The number of carboxylic acid groups (broad SMARTS) is 1. The molecule has 3 heterocycles. The van der Waals surface area contributed by atoms with Crippen LogP contribution in [-0.4, -0.2) is 71.2 Å². The van der Waals surface area contributed by atoms with Gasteiger partial charge in [0.15, 0.2) is 0 Å². The van der Waals surface area contributed by atoms with E-state index in [1.54, 1.807) is 19.3 Å². The van der Waals surface area contributed by atoms with Crippen LogP contribution in [0.1, 0.15) is 12.5 Å². The third kappa shape index (κ3) is 5.19. The topological polar surface area (TPSA) is 108 Å². The van der Waals surface area contributed by atoms with Crippen molar-refractivity contribution in [1.29, 1.82) is 0 Å². The molecule has 1 aromatic heterocycles. The Kier molecular flexibility index (Phi) is 6.65. The number of carbonyl (C=O) groups is 2. The van der Waals surface area contributed by atoms with Gasteiger partial charge in [-0.3, -0.25) is 9.78 Å². The van der Waals surface area contributed by atoms with Crippen LogP contribution in [0.15, 0.2) is 24.5 Å². The number of alkyl halides is 3. The number of pyridine rings is 1. The lowest BCUT2D eigenvalue weighted by Crippen LogP contribution is -2.36. The first-order valence-electron chi connectivity index (χ1n) is 8.41. The highest BCUT2D eigenvalue weighted by Gasteiger charge is 2.48. The third-order valence-electron chi connectivity index (χ3n) is 4.59. The van der Waals surface area contributed by atoms with Crippen molar-refractivity contribution < 1.29 is 36.3 Å². The number of sulfonamides is 1. The standard InChI is InChI=1S/C14H19N3O3S.C2HF3O2/c1-2-21(19,20)17-9-12-8-16(14(18)13(12)10-17)7-11-4-3-5-15-6-11;3-2(4,5)1(6)7/h3-6,12-13H,2,7-10H2,1H3;(H,6,7)/t12-,13+;/m1./s1. The van der Waals surface area contributed by atoms with Crippen LogP contribution in [0.2, 0.25) is 0 Å². The van der Waals surface area contributed by atoms with Crippen LogP contribution in [0.25, 0.3) is 0 Å². The van der Waals surface area contributed by atoms with E-state index in [1.165, 1.54) is 4.31 Å². The van der Waals surface area contributed by atoms with Gasteiger partial charge < -0.3 is 10.0 Å². The number of rotatable bonds is 4. The van der Waals surface area contributed by atoms with Crippen molar-refractivity contribution in [3.05, 3.63) is 30.1 Å². The van der Waals surface area contributed by atoms with Crippen LogP contribution in [0.3, 0.4) is 0 Å². The lowest BCUT2D eigenvalue weighted by molar-refractivity contribution is -0.192. The van der Waals surface area contributed by atoms with Crippen molar-refractivity contribution in [2.24, 2.45) is 11.8 Å². The number of amides is 1. The smallest absolute Gasteiger partial charge is 0.475 e. The highest BCUT2D eigenvalue weighted by molar-refractivity contribution is 7.89. The van der Waals surface area contributed by atoms with Crippen molar-refractivity contribution in [2.45, 2.75) is 19.6 Å². The molecule has 3 rings (SSSR count). The second-order valence-electron chi connectivity index (χ2n) is 6.47. The van der Waals surface area contributed by atoms with Gasteiger partial charge in [0.25, 0.3) is 0 Å². The minimum atomic E-state index is -5.08. The summed E-state index contributed by atoms with van der Waals surface area (Å²) in [6.45, 7) is 3.63. The lowest BCUT2D eigenvalue weighted by Gasteiger charge is -2.21. The van der Waals surface area contributed by atoms with Crippen molar-refractivity contribution in [3.63, 3.8) is 0 Å². The Morgan fingerprint density at radius 2 is 1.96 bits per heavy atom. The quantitative estimate of drug-likeness (QED) is 0.773. The van der Waals surface area contributed by atoms with Crippen molar-refractivity contribution in [3.8, 4) is 0 Å². The van der Waals surface area contributed by atoms with Gasteiger partial charge in [-0.1, -0.05) is 6.07 Å². The number of carbonyl (C=O) groups excluding carboxylic acids is 1. The third-order valence-corrected chi connectivity index (χ3v) is 6.40. The average Bonchev–Trinajstić information content (AvgIpc) is 3.16. The van der Waals surface area contributed by atoms with Gasteiger partial charge in [-0.2, -0.15) is 13.2 Å². The number of hydrogen-bond donors (Lipinski definition) is 1. The Balaban J connectivity index is 0.000000345. The Bertz CT molecular complexity index is 817. The Morgan fingerprint density at radius 3 is 2.43 bits per heavy atom. The fourth-order valence-corrected chi connectivity index (χ4v) is 4.34. The number of nitrogens with zero attached hydrogens (tertiary/aromatic N) is 3. The molecule has 28 heavy (non-hydrogen) atoms. The van der Waals surface area contributed by atoms with Crippen LogP contribution in [-0.2, 0) is 26.2 Å². The molecule has 1 amide bonds. The van der Waals surface area contributed by atoms with Gasteiger partial charge in [-0.15, -0.1) is 0 Å². The number of likely N-dealkylation sites (tertiary alicyclic amines) is 1. The van der Waals surface area contributed by atoms with Crippen LogP contribution in [0.5, 0.6) is 0 Å². The maximum atomic E-state index is 12.4. The summed E-state index contributed by atoms with van der Waals surface area (Å²) in [7, 11) is -3.19. The fourth-order valence-electron chi connectivity index (χ4n) is 3.17. The first kappa shape index (κ1) is 22.1. The highest BCUT2D eigenvalue weighted by Crippen LogP contribution is 2.34. The van der Waals surface area contributed by atoms with E-state index >= 15 is 0 Å². The van der Waals surface area contributed by atoms with Gasteiger partial charge in [-0.25, -0.2) is 17.5 Å². The number of aliphatic carboxylic acids is 1. The molecule has 0 saturated carbocycles. The molecule has 0 radical (unpaired) electrons. The van der Waals surface area contributed by atoms with Gasteiger partial charge in [0.1, 0.15) is 0 Å².